The van der Waals surface area contributed by atoms with Gasteiger partial charge < -0.3 is 4.18 Å². The summed E-state index contributed by atoms with van der Waals surface area (Å²) in [7, 11) is -5.77. The minimum atomic E-state index is -5.77. The smallest absolute Gasteiger partial charge is 0.380 e. The summed E-state index contributed by atoms with van der Waals surface area (Å²) in [6.07, 6.45) is 0. The first-order valence-corrected chi connectivity index (χ1v) is 5.44. The van der Waals surface area contributed by atoms with Gasteiger partial charge in [0.1, 0.15) is 11.5 Å². The molecule has 0 saturated heterocycles. The molecule has 0 N–H and O–H groups in total. The van der Waals surface area contributed by atoms with Crippen molar-refractivity contribution in [2.45, 2.75) is 26.3 Å². The second-order valence-corrected chi connectivity index (χ2v) is 5.13. The fourth-order valence-corrected chi connectivity index (χ4v) is 1.05. The van der Waals surface area contributed by atoms with Gasteiger partial charge >= 0.3 is 15.6 Å². The molecule has 0 atom stereocenters. The second-order valence-electron chi connectivity index (χ2n) is 3.59. The van der Waals surface area contributed by atoms with Gasteiger partial charge in [-0.05, 0) is 20.8 Å². The molecule has 0 aromatic heterocycles. The summed E-state index contributed by atoms with van der Waals surface area (Å²) in [5.74, 6) is -1.33. The Bertz CT molecular complexity index is 405. The topological polar surface area (TPSA) is 60.4 Å². The Balaban J connectivity index is 5.07. The minimum absolute atomic E-state index is 0.560. The van der Waals surface area contributed by atoms with Gasteiger partial charge in [0, 0.05) is 0 Å². The summed E-state index contributed by atoms with van der Waals surface area (Å²) >= 11 is 0. The average Bonchev–Trinajstić information content (AvgIpc) is 2.00. The number of rotatable bonds is 4. The molecule has 0 spiro atoms. The number of Topliss-reactive ketones (excluding diaryl/α,β-unsaturated/α-hetero) is 1. The fraction of sp³-hybridized carbons (Fsp3) is 0.625. The van der Waals surface area contributed by atoms with Crippen molar-refractivity contribution >= 4 is 15.9 Å². The van der Waals surface area contributed by atoms with Crippen LogP contribution in [0.25, 0.3) is 0 Å². The van der Waals surface area contributed by atoms with Gasteiger partial charge in [-0.1, -0.05) is 6.58 Å². The molecule has 0 aliphatic carbocycles. The van der Waals surface area contributed by atoms with Crippen molar-refractivity contribution in [2.75, 3.05) is 0 Å². The average molecular weight is 260 g/mol. The second kappa shape index (κ2) is 4.08. The number of allylic oxidation sites excluding steroid dienone is 1. The predicted octanol–water partition coefficient (Wildman–Crippen LogP) is 1.98. The molecule has 16 heavy (non-hydrogen) atoms. The number of carbonyl (C=O) groups excluding carboxylic acids is 1. The van der Waals surface area contributed by atoms with Crippen LogP contribution in [0.4, 0.5) is 13.2 Å². The van der Waals surface area contributed by atoms with Crippen molar-refractivity contribution in [2.24, 2.45) is 5.41 Å². The van der Waals surface area contributed by atoms with Crippen molar-refractivity contribution < 1.29 is 30.6 Å². The molecule has 0 aliphatic heterocycles. The lowest BCUT2D eigenvalue weighted by Crippen LogP contribution is -2.31. The van der Waals surface area contributed by atoms with Crippen LogP contribution < -0.4 is 0 Å². The normalized spacial score (nSPS) is 13.4. The summed E-state index contributed by atoms with van der Waals surface area (Å²) in [4.78, 5) is 11.0. The van der Waals surface area contributed by atoms with Crippen LogP contribution in [0.2, 0.25) is 0 Å². The summed E-state index contributed by atoms with van der Waals surface area (Å²) < 4.78 is 60.8. The Hall–Kier alpha value is -1.05. The van der Waals surface area contributed by atoms with Crippen LogP contribution in [0.5, 0.6) is 0 Å². The van der Waals surface area contributed by atoms with Gasteiger partial charge in [-0.2, -0.15) is 21.6 Å². The molecule has 0 amide bonds. The van der Waals surface area contributed by atoms with E-state index in [1.165, 1.54) is 13.8 Å². The number of hydrogen-bond acceptors (Lipinski definition) is 4. The zero-order valence-corrected chi connectivity index (χ0v) is 9.70. The van der Waals surface area contributed by atoms with Gasteiger partial charge in [-0.15, -0.1) is 0 Å². The molecule has 0 aliphatic rings. The maximum atomic E-state index is 11.9. The Morgan fingerprint density at radius 1 is 1.25 bits per heavy atom. The number of alkyl halides is 3. The molecule has 0 fully saturated rings. The van der Waals surface area contributed by atoms with E-state index < -0.39 is 32.6 Å². The molecule has 4 nitrogen and oxygen atoms in total. The lowest BCUT2D eigenvalue weighted by atomic mass is 9.87. The van der Waals surface area contributed by atoms with E-state index in [1.54, 1.807) is 0 Å². The summed E-state index contributed by atoms with van der Waals surface area (Å²) in [5.41, 5.74) is -7.04. The van der Waals surface area contributed by atoms with Crippen LogP contribution in [-0.2, 0) is 19.1 Å². The highest BCUT2D eigenvalue weighted by molar-refractivity contribution is 7.87. The zero-order chi connectivity index (χ0) is 13.4. The van der Waals surface area contributed by atoms with Crippen LogP contribution in [0.1, 0.15) is 20.8 Å². The molecule has 0 aromatic carbocycles. The van der Waals surface area contributed by atoms with Crippen molar-refractivity contribution in [1.29, 1.82) is 0 Å². The molecular weight excluding hydrogens is 249 g/mol. The molecule has 94 valence electrons. The lowest BCUT2D eigenvalue weighted by Gasteiger charge is -2.23. The highest BCUT2D eigenvalue weighted by Gasteiger charge is 2.50. The van der Waals surface area contributed by atoms with Crippen LogP contribution in [0.3, 0.4) is 0 Å². The molecule has 0 unspecified atom stereocenters. The number of hydrogen-bond donors (Lipinski definition) is 0. The van der Waals surface area contributed by atoms with Gasteiger partial charge in [0.05, 0.1) is 5.41 Å². The van der Waals surface area contributed by atoms with Crippen LogP contribution in [0, 0.1) is 5.41 Å². The number of carbonyl (C=O) groups is 1. The van der Waals surface area contributed by atoms with E-state index in [4.69, 9.17) is 0 Å². The molecule has 0 radical (unpaired) electrons. The summed E-state index contributed by atoms with van der Waals surface area (Å²) in [6, 6.07) is 0. The highest BCUT2D eigenvalue weighted by atomic mass is 32.2. The quantitative estimate of drug-likeness (QED) is 0.440. The molecule has 0 rings (SSSR count). The third kappa shape index (κ3) is 2.97. The van der Waals surface area contributed by atoms with E-state index in [0.717, 1.165) is 6.92 Å². The van der Waals surface area contributed by atoms with E-state index in [2.05, 4.69) is 10.8 Å². The molecule has 8 heteroatoms. The largest absolute Gasteiger partial charge is 0.534 e. The Morgan fingerprint density at radius 3 is 1.88 bits per heavy atom. The molecule has 0 heterocycles. The Kier molecular flexibility index (Phi) is 3.81. The maximum Gasteiger partial charge on any atom is 0.534 e. The van der Waals surface area contributed by atoms with E-state index in [1.807, 2.05) is 0 Å². The van der Waals surface area contributed by atoms with E-state index >= 15 is 0 Å². The fourth-order valence-electron chi connectivity index (χ4n) is 0.480. The van der Waals surface area contributed by atoms with E-state index in [0.29, 0.717) is 0 Å². The highest BCUT2D eigenvalue weighted by Crippen LogP contribution is 2.33. The summed E-state index contributed by atoms with van der Waals surface area (Å²) in [5, 5.41) is 0. The van der Waals surface area contributed by atoms with Crippen molar-refractivity contribution in [3.8, 4) is 0 Å². The Morgan fingerprint density at radius 2 is 1.62 bits per heavy atom. The van der Waals surface area contributed by atoms with Crippen molar-refractivity contribution in [3.63, 3.8) is 0 Å². The molecule has 0 aromatic rings. The minimum Gasteiger partial charge on any atom is -0.380 e. The monoisotopic (exact) mass is 260 g/mol. The Labute approximate surface area is 91.2 Å². The third-order valence-corrected chi connectivity index (χ3v) is 3.06. The van der Waals surface area contributed by atoms with Crippen molar-refractivity contribution in [1.82, 2.24) is 0 Å². The summed E-state index contributed by atoms with van der Waals surface area (Å²) in [6.45, 7) is 6.54. The van der Waals surface area contributed by atoms with Gasteiger partial charge in [0.15, 0.2) is 0 Å². The first-order chi connectivity index (χ1) is 6.82. The van der Waals surface area contributed by atoms with Gasteiger partial charge in [-0.25, -0.2) is 0 Å². The molecular formula is C8H11F3O4S. The first-order valence-electron chi connectivity index (χ1n) is 4.03. The molecule has 0 saturated carbocycles. The predicted molar refractivity (Wildman–Crippen MR) is 49.7 cm³/mol. The van der Waals surface area contributed by atoms with Crippen LogP contribution in [0.15, 0.2) is 12.3 Å². The van der Waals surface area contributed by atoms with Gasteiger partial charge in [-0.3, -0.25) is 4.79 Å². The van der Waals surface area contributed by atoms with Gasteiger partial charge in [0.25, 0.3) is 0 Å². The van der Waals surface area contributed by atoms with Gasteiger partial charge in [0.2, 0.25) is 0 Å². The zero-order valence-electron chi connectivity index (χ0n) is 8.88. The van der Waals surface area contributed by atoms with E-state index in [-0.39, 0.29) is 0 Å². The first kappa shape index (κ1) is 14.9. The lowest BCUT2D eigenvalue weighted by molar-refractivity contribution is -0.124. The molecule has 0 bridgehead atoms. The number of halogens is 3. The van der Waals surface area contributed by atoms with Crippen LogP contribution >= 0.6 is 0 Å². The van der Waals surface area contributed by atoms with E-state index in [9.17, 15) is 26.4 Å². The standard InChI is InChI=1S/C8H11F3O4S/c1-5(12)7(3,4)6(2)15-16(13,14)8(9,10)11/h2H2,1,3-4H3. The van der Waals surface area contributed by atoms with Crippen LogP contribution in [-0.4, -0.2) is 19.7 Å². The number of ketones is 1. The SMILES string of the molecule is C=C(OS(=O)(=O)C(F)(F)F)C(C)(C)C(C)=O. The third-order valence-electron chi connectivity index (χ3n) is 2.07. The van der Waals surface area contributed by atoms with Crippen molar-refractivity contribution in [3.05, 3.63) is 12.3 Å². The maximum absolute atomic E-state index is 11.9.